The fraction of sp³-hybridized carbons (Fsp3) is 0.500. The molecule has 1 aromatic heterocycles. The van der Waals surface area contributed by atoms with Gasteiger partial charge in [0.15, 0.2) is 5.03 Å². The van der Waals surface area contributed by atoms with Gasteiger partial charge < -0.3 is 0 Å². The summed E-state index contributed by atoms with van der Waals surface area (Å²) in [7, 11) is 2.84. The maximum atomic E-state index is 11.9. The first kappa shape index (κ1) is 15.7. The molecular weight excluding hydrogens is 318 g/mol. The highest BCUT2D eigenvalue weighted by atomic mass is 32.2. The van der Waals surface area contributed by atoms with Crippen molar-refractivity contribution in [1.82, 2.24) is 19.8 Å². The molecule has 1 saturated carbocycles. The van der Waals surface area contributed by atoms with Crippen LogP contribution in [0.2, 0.25) is 0 Å². The van der Waals surface area contributed by atoms with E-state index in [4.69, 9.17) is 0 Å². The van der Waals surface area contributed by atoms with E-state index >= 15 is 0 Å². The highest BCUT2D eigenvalue weighted by molar-refractivity contribution is 7.99. The lowest BCUT2D eigenvalue weighted by Crippen LogP contribution is -2.39. The average Bonchev–Trinajstić information content (AvgIpc) is 2.89. The first-order chi connectivity index (χ1) is 11.0. The van der Waals surface area contributed by atoms with Gasteiger partial charge in [0.2, 0.25) is 5.91 Å². The minimum absolute atomic E-state index is 0.0174. The van der Waals surface area contributed by atoms with Gasteiger partial charge in [-0.3, -0.25) is 14.2 Å². The number of aryl methyl sites for hydroxylation is 1. The molecule has 2 aliphatic carbocycles. The maximum absolute atomic E-state index is 11.9. The number of allylic oxidation sites excluding steroid dienone is 2. The third kappa shape index (κ3) is 3.00. The van der Waals surface area contributed by atoms with Gasteiger partial charge in [-0.05, 0) is 18.8 Å². The fourth-order valence-electron chi connectivity index (χ4n) is 2.72. The number of amides is 1. The number of hydrogen-bond donors (Lipinski definition) is 1. The molecule has 3 rings (SSSR count). The first-order valence-electron chi connectivity index (χ1n) is 7.26. The Morgan fingerprint density at radius 3 is 3.00 bits per heavy atom. The third-order valence-electron chi connectivity index (χ3n) is 4.12. The van der Waals surface area contributed by atoms with E-state index in [2.05, 4.69) is 27.8 Å². The largest absolute Gasteiger partial charge is 0.346 e. The second-order valence-corrected chi connectivity index (χ2v) is 6.60. The zero-order valence-corrected chi connectivity index (χ0v) is 13.7. The van der Waals surface area contributed by atoms with E-state index in [9.17, 15) is 14.4 Å². The Hall–Kier alpha value is -2.16. The standard InChI is InChI=1S/C14H17N5O3S/c1-18-13(21)12(17-19(2)14(18)22)23-7-11(20)16-15-10-6-8-4-3-5-9(8)10/h3-4,8-9H,5-7H2,1-2H3,(H,16,20)/b15-10-/t8-,9-/m1/s1. The first-order valence-corrected chi connectivity index (χ1v) is 8.25. The van der Waals surface area contributed by atoms with Crippen LogP contribution in [-0.2, 0) is 18.9 Å². The van der Waals surface area contributed by atoms with Gasteiger partial charge in [-0.2, -0.15) is 10.2 Å². The molecule has 1 amide bonds. The van der Waals surface area contributed by atoms with E-state index in [0.29, 0.717) is 11.8 Å². The van der Waals surface area contributed by atoms with Crippen LogP contribution in [0, 0.1) is 11.8 Å². The van der Waals surface area contributed by atoms with Gasteiger partial charge in [-0.15, -0.1) is 0 Å². The predicted octanol–water partition coefficient (Wildman–Crippen LogP) is -0.361. The van der Waals surface area contributed by atoms with Crippen molar-refractivity contribution < 1.29 is 4.79 Å². The molecule has 0 aromatic carbocycles. The van der Waals surface area contributed by atoms with Crippen LogP contribution in [0.5, 0.6) is 0 Å². The zero-order chi connectivity index (χ0) is 16.6. The summed E-state index contributed by atoms with van der Waals surface area (Å²) < 4.78 is 2.04. The highest BCUT2D eigenvalue weighted by Gasteiger charge is 2.37. The number of aromatic nitrogens is 3. The summed E-state index contributed by atoms with van der Waals surface area (Å²) in [6.07, 6.45) is 6.24. The van der Waals surface area contributed by atoms with E-state index in [1.807, 2.05) is 0 Å². The Bertz CT molecular complexity index is 823. The van der Waals surface area contributed by atoms with Gasteiger partial charge in [-0.25, -0.2) is 14.9 Å². The number of carbonyl (C=O) groups is 1. The predicted molar refractivity (Wildman–Crippen MR) is 86.4 cm³/mol. The lowest BCUT2D eigenvalue weighted by atomic mass is 9.74. The van der Waals surface area contributed by atoms with Crippen LogP contribution in [0.25, 0.3) is 0 Å². The highest BCUT2D eigenvalue weighted by Crippen LogP contribution is 2.39. The van der Waals surface area contributed by atoms with Crippen LogP contribution in [0.3, 0.4) is 0 Å². The smallest absolute Gasteiger partial charge is 0.272 e. The molecule has 1 heterocycles. The van der Waals surface area contributed by atoms with E-state index < -0.39 is 11.2 Å². The van der Waals surface area contributed by atoms with Crippen molar-refractivity contribution in [2.45, 2.75) is 17.9 Å². The van der Waals surface area contributed by atoms with E-state index in [1.165, 1.54) is 14.1 Å². The number of hydrogen-bond acceptors (Lipinski definition) is 6. The van der Waals surface area contributed by atoms with Crippen molar-refractivity contribution in [3.05, 3.63) is 33.0 Å². The Labute approximate surface area is 136 Å². The number of rotatable bonds is 4. The molecule has 2 aliphatic rings. The topological polar surface area (TPSA) is 98.3 Å². The monoisotopic (exact) mass is 335 g/mol. The molecule has 122 valence electrons. The molecule has 23 heavy (non-hydrogen) atoms. The van der Waals surface area contributed by atoms with Crippen LogP contribution in [0.4, 0.5) is 0 Å². The van der Waals surface area contributed by atoms with E-state index in [1.54, 1.807) is 0 Å². The van der Waals surface area contributed by atoms with Crippen LogP contribution >= 0.6 is 11.8 Å². The number of thioether (sulfide) groups is 1. The minimum Gasteiger partial charge on any atom is -0.272 e. The average molecular weight is 335 g/mol. The molecule has 0 aliphatic heterocycles. The number of fused-ring (bicyclic) bond motifs is 1. The van der Waals surface area contributed by atoms with Gasteiger partial charge in [0.05, 0.1) is 5.75 Å². The summed E-state index contributed by atoms with van der Waals surface area (Å²) in [5.41, 5.74) is 2.54. The fourth-order valence-corrected chi connectivity index (χ4v) is 3.50. The van der Waals surface area contributed by atoms with Crippen LogP contribution in [0.15, 0.2) is 31.9 Å². The molecule has 1 N–H and O–H groups in total. The molecular formula is C14H17N5O3S. The molecule has 8 nitrogen and oxygen atoms in total. The Kier molecular flexibility index (Phi) is 4.20. The van der Waals surface area contributed by atoms with Gasteiger partial charge in [0.1, 0.15) is 0 Å². The van der Waals surface area contributed by atoms with Crippen LogP contribution in [0.1, 0.15) is 12.8 Å². The molecule has 0 bridgehead atoms. The maximum Gasteiger partial charge on any atom is 0.346 e. The minimum atomic E-state index is -0.504. The summed E-state index contributed by atoms with van der Waals surface area (Å²) in [4.78, 5) is 35.3. The van der Waals surface area contributed by atoms with Crippen molar-refractivity contribution in [3.63, 3.8) is 0 Å². The number of hydrazone groups is 1. The van der Waals surface area contributed by atoms with Gasteiger partial charge in [0.25, 0.3) is 5.56 Å². The number of carbonyl (C=O) groups excluding carboxylic acids is 1. The molecule has 0 spiro atoms. The summed E-state index contributed by atoms with van der Waals surface area (Å²) in [5, 5.41) is 8.15. The lowest BCUT2D eigenvalue weighted by Gasteiger charge is -2.31. The summed E-state index contributed by atoms with van der Waals surface area (Å²) >= 11 is 0.991. The van der Waals surface area contributed by atoms with Gasteiger partial charge in [0, 0.05) is 25.7 Å². The lowest BCUT2D eigenvalue weighted by molar-refractivity contribution is -0.118. The second-order valence-electron chi connectivity index (χ2n) is 5.64. The quantitative estimate of drug-likeness (QED) is 0.460. The van der Waals surface area contributed by atoms with Crippen LogP contribution < -0.4 is 16.7 Å². The van der Waals surface area contributed by atoms with Crippen molar-refractivity contribution in [2.75, 3.05) is 5.75 Å². The summed E-state index contributed by atoms with van der Waals surface area (Å²) in [6.45, 7) is 0. The zero-order valence-electron chi connectivity index (χ0n) is 12.9. The molecule has 0 saturated heterocycles. The number of nitrogens with one attached hydrogen (secondary N) is 1. The normalized spacial score (nSPS) is 23.7. The van der Waals surface area contributed by atoms with Gasteiger partial charge in [-0.1, -0.05) is 23.9 Å². The van der Waals surface area contributed by atoms with E-state index in [0.717, 1.165) is 39.6 Å². The summed E-state index contributed by atoms with van der Waals surface area (Å²) in [6, 6.07) is 0. The molecule has 1 aromatic rings. The second kappa shape index (κ2) is 6.15. The van der Waals surface area contributed by atoms with Crippen LogP contribution in [-0.4, -0.2) is 31.7 Å². The Morgan fingerprint density at radius 1 is 1.48 bits per heavy atom. The third-order valence-corrected chi connectivity index (χ3v) is 5.06. The van der Waals surface area contributed by atoms with Crippen molar-refractivity contribution in [3.8, 4) is 0 Å². The van der Waals surface area contributed by atoms with E-state index in [-0.39, 0.29) is 16.7 Å². The Morgan fingerprint density at radius 2 is 2.26 bits per heavy atom. The van der Waals surface area contributed by atoms with Crippen molar-refractivity contribution in [2.24, 2.45) is 31.0 Å². The molecule has 0 radical (unpaired) electrons. The number of nitrogens with zero attached hydrogens (tertiary/aromatic N) is 4. The van der Waals surface area contributed by atoms with Crippen molar-refractivity contribution in [1.29, 1.82) is 0 Å². The molecule has 0 unspecified atom stereocenters. The molecule has 2 atom stereocenters. The van der Waals surface area contributed by atoms with Crippen molar-refractivity contribution >= 4 is 23.4 Å². The Balaban J connectivity index is 1.57. The van der Waals surface area contributed by atoms with Gasteiger partial charge >= 0.3 is 5.69 Å². The SMILES string of the molecule is Cn1nc(SCC(=O)N/N=C2/C[C@H]3C=CC[C@@H]23)c(=O)n(C)c1=O. The summed E-state index contributed by atoms with van der Waals surface area (Å²) in [5.74, 6) is 0.747. The molecule has 1 fully saturated rings. The molecule has 9 heteroatoms.